The third-order valence-corrected chi connectivity index (χ3v) is 4.19. The molecule has 182 valence electrons. The number of methoxy groups -OCH3 is 1. The normalized spacial score (nSPS) is 10.7. The van der Waals surface area contributed by atoms with Crippen LogP contribution in [-0.2, 0) is 24.0 Å². The molecule has 0 saturated carbocycles. The first-order chi connectivity index (χ1) is 16.6. The average molecular weight is 480 g/mol. The molecule has 0 fully saturated rings. The first kappa shape index (κ1) is 26.7. The van der Waals surface area contributed by atoms with E-state index in [0.717, 1.165) is 0 Å². The van der Waals surface area contributed by atoms with Gasteiger partial charge in [0.25, 0.3) is 0 Å². The predicted molar refractivity (Wildman–Crippen MR) is 126 cm³/mol. The predicted octanol–water partition coefficient (Wildman–Crippen LogP) is 3.73. The minimum Gasteiger partial charge on any atom is -0.493 e. The molecule has 0 saturated heterocycles. The molecule has 2 aromatic carbocycles. The molecule has 0 aromatic heterocycles. The second-order valence-electron chi connectivity index (χ2n) is 7.17. The summed E-state index contributed by atoms with van der Waals surface area (Å²) in [5.41, 5.74) is 1.11. The van der Waals surface area contributed by atoms with Gasteiger partial charge in [-0.2, -0.15) is 0 Å². The Bertz CT molecular complexity index is 1210. The Morgan fingerprint density at radius 1 is 0.629 bits per heavy atom. The van der Waals surface area contributed by atoms with Crippen LogP contribution in [0.5, 0.6) is 23.0 Å². The van der Waals surface area contributed by atoms with Crippen molar-refractivity contribution >= 4 is 41.6 Å². The highest BCUT2D eigenvalue weighted by molar-refractivity contribution is 6.10. The lowest BCUT2D eigenvalue weighted by molar-refractivity contribution is -0.134. The molecule has 0 aliphatic carbocycles. The van der Waals surface area contributed by atoms with Gasteiger partial charge in [-0.1, -0.05) is 24.3 Å². The van der Waals surface area contributed by atoms with Gasteiger partial charge in [0, 0.05) is 20.8 Å². The first-order valence-corrected chi connectivity index (χ1v) is 10.4. The van der Waals surface area contributed by atoms with Gasteiger partial charge in [0.15, 0.2) is 34.6 Å². The molecule has 0 amide bonds. The SMILES string of the molecule is COc1cc(/C=C/C(=O)CC(=O)/C=C/c2ccc(OC(C)=O)c(OC(C)=O)c2)ccc1OC(C)=O. The Morgan fingerprint density at radius 3 is 1.46 bits per heavy atom. The highest BCUT2D eigenvalue weighted by Gasteiger charge is 2.11. The van der Waals surface area contributed by atoms with Crippen LogP contribution in [-0.4, -0.2) is 36.6 Å². The summed E-state index contributed by atoms with van der Waals surface area (Å²) in [5.74, 6) is -1.88. The molecule has 0 aliphatic rings. The minimum atomic E-state index is -0.605. The largest absolute Gasteiger partial charge is 0.493 e. The zero-order chi connectivity index (χ0) is 26.0. The highest BCUT2D eigenvalue weighted by atomic mass is 16.6. The number of ketones is 2. The summed E-state index contributed by atoms with van der Waals surface area (Å²) in [6.45, 7) is 3.69. The standard InChI is InChI=1S/C26H24O9/c1-16(27)33-23-11-7-19(13-25(23)32-4)5-9-21(30)15-22(31)10-6-20-8-12-24(34-17(2)28)26(14-20)35-18(3)29/h5-14H,15H2,1-4H3/b9-5+,10-6+. The third kappa shape index (κ3) is 9.09. The molecule has 0 atom stereocenters. The fraction of sp³-hybridized carbons (Fsp3) is 0.192. The summed E-state index contributed by atoms with van der Waals surface area (Å²) in [4.78, 5) is 58.0. The molecule has 9 heteroatoms. The van der Waals surface area contributed by atoms with E-state index in [9.17, 15) is 24.0 Å². The summed E-state index contributed by atoms with van der Waals surface area (Å²) in [6, 6.07) is 9.17. The summed E-state index contributed by atoms with van der Waals surface area (Å²) in [7, 11) is 1.42. The number of hydrogen-bond acceptors (Lipinski definition) is 9. The van der Waals surface area contributed by atoms with Crippen molar-refractivity contribution in [1.29, 1.82) is 0 Å². The van der Waals surface area contributed by atoms with Crippen molar-refractivity contribution in [3.05, 3.63) is 59.7 Å². The molecule has 0 bridgehead atoms. The fourth-order valence-electron chi connectivity index (χ4n) is 2.80. The second kappa shape index (κ2) is 12.6. The van der Waals surface area contributed by atoms with E-state index in [0.29, 0.717) is 16.9 Å². The van der Waals surface area contributed by atoms with Crippen LogP contribution in [0.25, 0.3) is 12.2 Å². The van der Waals surface area contributed by atoms with Gasteiger partial charge in [0.05, 0.1) is 13.5 Å². The van der Waals surface area contributed by atoms with Crippen LogP contribution in [0.1, 0.15) is 38.3 Å². The number of carbonyl (C=O) groups excluding carboxylic acids is 5. The number of hydrogen-bond donors (Lipinski definition) is 0. The molecule has 9 nitrogen and oxygen atoms in total. The van der Waals surface area contributed by atoms with Crippen LogP contribution in [0.4, 0.5) is 0 Å². The second-order valence-corrected chi connectivity index (χ2v) is 7.17. The molecular formula is C26H24O9. The van der Waals surface area contributed by atoms with Gasteiger partial charge in [-0.05, 0) is 47.5 Å². The van der Waals surface area contributed by atoms with Gasteiger partial charge in [-0.25, -0.2) is 0 Å². The van der Waals surface area contributed by atoms with Crippen LogP contribution in [0.2, 0.25) is 0 Å². The van der Waals surface area contributed by atoms with E-state index < -0.39 is 29.5 Å². The number of allylic oxidation sites excluding steroid dienone is 2. The Balaban J connectivity index is 2.04. The first-order valence-electron chi connectivity index (χ1n) is 10.4. The molecule has 0 spiro atoms. The zero-order valence-corrected chi connectivity index (χ0v) is 19.7. The van der Waals surface area contributed by atoms with Crippen molar-refractivity contribution in [1.82, 2.24) is 0 Å². The Kier molecular flexibility index (Phi) is 9.65. The number of ether oxygens (including phenoxy) is 4. The third-order valence-electron chi connectivity index (χ3n) is 4.19. The number of esters is 3. The molecular weight excluding hydrogens is 456 g/mol. The average Bonchev–Trinajstić information content (AvgIpc) is 2.77. The van der Waals surface area contributed by atoms with E-state index in [1.807, 2.05) is 0 Å². The van der Waals surface area contributed by atoms with Crippen molar-refractivity contribution in [2.24, 2.45) is 0 Å². The lowest BCUT2D eigenvalue weighted by atomic mass is 10.1. The van der Waals surface area contributed by atoms with Crippen molar-refractivity contribution < 1.29 is 42.9 Å². The molecule has 0 N–H and O–H groups in total. The van der Waals surface area contributed by atoms with Crippen LogP contribution < -0.4 is 18.9 Å². The van der Waals surface area contributed by atoms with E-state index in [1.54, 1.807) is 18.2 Å². The van der Waals surface area contributed by atoms with Gasteiger partial charge in [-0.15, -0.1) is 0 Å². The number of benzene rings is 2. The monoisotopic (exact) mass is 480 g/mol. The van der Waals surface area contributed by atoms with Gasteiger partial charge < -0.3 is 18.9 Å². The molecule has 2 aromatic rings. The smallest absolute Gasteiger partial charge is 0.308 e. The maximum absolute atomic E-state index is 12.2. The summed E-state index contributed by atoms with van der Waals surface area (Å²) >= 11 is 0. The van der Waals surface area contributed by atoms with Crippen LogP contribution in [0.15, 0.2) is 48.6 Å². The molecule has 35 heavy (non-hydrogen) atoms. The lowest BCUT2D eigenvalue weighted by Gasteiger charge is -2.09. The quantitative estimate of drug-likeness (QED) is 0.217. The molecule has 0 radical (unpaired) electrons. The van der Waals surface area contributed by atoms with Gasteiger partial charge in [0.2, 0.25) is 0 Å². The van der Waals surface area contributed by atoms with E-state index in [2.05, 4.69) is 0 Å². The Hall–Kier alpha value is -4.53. The van der Waals surface area contributed by atoms with Crippen molar-refractivity contribution in [2.45, 2.75) is 27.2 Å². The minimum absolute atomic E-state index is 0.0245. The summed E-state index contributed by atoms with van der Waals surface area (Å²) < 4.78 is 20.2. The fourth-order valence-corrected chi connectivity index (χ4v) is 2.80. The molecule has 0 unspecified atom stereocenters. The maximum Gasteiger partial charge on any atom is 0.308 e. The van der Waals surface area contributed by atoms with Crippen molar-refractivity contribution in [3.63, 3.8) is 0 Å². The molecule has 2 rings (SSSR count). The van der Waals surface area contributed by atoms with Crippen LogP contribution >= 0.6 is 0 Å². The molecule has 0 heterocycles. The van der Waals surface area contributed by atoms with Gasteiger partial charge >= 0.3 is 17.9 Å². The Labute approximate surface area is 201 Å². The number of carbonyl (C=O) groups is 5. The van der Waals surface area contributed by atoms with Crippen molar-refractivity contribution in [2.75, 3.05) is 7.11 Å². The maximum atomic E-state index is 12.2. The topological polar surface area (TPSA) is 122 Å². The van der Waals surface area contributed by atoms with E-state index in [1.165, 1.54) is 70.4 Å². The van der Waals surface area contributed by atoms with Crippen LogP contribution in [0, 0.1) is 0 Å². The molecule has 0 aliphatic heterocycles. The Morgan fingerprint density at radius 2 is 1.03 bits per heavy atom. The van der Waals surface area contributed by atoms with Gasteiger partial charge in [0.1, 0.15) is 0 Å². The summed E-state index contributed by atoms with van der Waals surface area (Å²) in [6.07, 6.45) is 5.08. The number of rotatable bonds is 10. The lowest BCUT2D eigenvalue weighted by Crippen LogP contribution is -2.07. The van der Waals surface area contributed by atoms with E-state index >= 15 is 0 Å². The summed E-state index contributed by atoms with van der Waals surface area (Å²) in [5, 5.41) is 0. The van der Waals surface area contributed by atoms with E-state index in [4.69, 9.17) is 18.9 Å². The van der Waals surface area contributed by atoms with Crippen molar-refractivity contribution in [3.8, 4) is 23.0 Å². The highest BCUT2D eigenvalue weighted by Crippen LogP contribution is 2.30. The van der Waals surface area contributed by atoms with Gasteiger partial charge in [-0.3, -0.25) is 24.0 Å². The van der Waals surface area contributed by atoms with Crippen LogP contribution in [0.3, 0.4) is 0 Å². The zero-order valence-electron chi connectivity index (χ0n) is 19.7. The van der Waals surface area contributed by atoms with E-state index in [-0.39, 0.29) is 23.7 Å².